The Bertz CT molecular complexity index is 356. The molecule has 1 N–H and O–H groups in total. The largest absolute Gasteiger partial charge is 0.407 e. The number of nitrogens with zero attached hydrogens (tertiary/aromatic N) is 3. The van der Waals surface area contributed by atoms with Crippen molar-refractivity contribution >= 4 is 6.01 Å². The predicted octanol–water partition coefficient (Wildman–Crippen LogP) is 1.04. The van der Waals surface area contributed by atoms with Crippen molar-refractivity contribution < 1.29 is 9.15 Å². The third-order valence-corrected chi connectivity index (χ3v) is 3.35. The summed E-state index contributed by atoms with van der Waals surface area (Å²) in [4.78, 5) is 2.18. The molecule has 102 valence electrons. The minimum atomic E-state index is 0.599. The fraction of sp³-hybridized carbons (Fsp3) is 0.833. The Balaban J connectivity index is 1.79. The van der Waals surface area contributed by atoms with Gasteiger partial charge in [0.05, 0.1) is 13.2 Å². The van der Waals surface area contributed by atoms with E-state index >= 15 is 0 Å². The molecule has 0 spiro atoms. The summed E-state index contributed by atoms with van der Waals surface area (Å²) in [6.07, 6.45) is 2.44. The van der Waals surface area contributed by atoms with Crippen LogP contribution in [0.4, 0.5) is 6.01 Å². The Hall–Kier alpha value is -1.14. The standard InChI is InChI=1S/C12H22N4O2/c1-3-10-4-6-16(9-10)12-15-14-11(18-12)8-13-5-7-17-2/h10,13H,3-9H2,1-2H3. The van der Waals surface area contributed by atoms with Crippen molar-refractivity contribution in [3.8, 4) is 0 Å². The van der Waals surface area contributed by atoms with E-state index in [1.165, 1.54) is 12.8 Å². The molecule has 0 aliphatic carbocycles. The molecule has 6 heteroatoms. The van der Waals surface area contributed by atoms with Crippen LogP contribution < -0.4 is 10.2 Å². The molecule has 2 rings (SSSR count). The molecular weight excluding hydrogens is 232 g/mol. The Morgan fingerprint density at radius 2 is 2.39 bits per heavy atom. The van der Waals surface area contributed by atoms with Crippen LogP contribution in [0.5, 0.6) is 0 Å². The van der Waals surface area contributed by atoms with Gasteiger partial charge < -0.3 is 19.4 Å². The van der Waals surface area contributed by atoms with Gasteiger partial charge in [0.25, 0.3) is 0 Å². The van der Waals surface area contributed by atoms with Crippen LogP contribution in [-0.2, 0) is 11.3 Å². The topological polar surface area (TPSA) is 63.4 Å². The molecule has 0 saturated carbocycles. The molecule has 0 amide bonds. The molecule has 0 radical (unpaired) electrons. The van der Waals surface area contributed by atoms with Crippen molar-refractivity contribution in [2.24, 2.45) is 5.92 Å². The summed E-state index contributed by atoms with van der Waals surface area (Å²) >= 11 is 0. The molecule has 6 nitrogen and oxygen atoms in total. The van der Waals surface area contributed by atoms with E-state index in [-0.39, 0.29) is 0 Å². The van der Waals surface area contributed by atoms with Crippen LogP contribution in [0.15, 0.2) is 4.42 Å². The number of hydrogen-bond acceptors (Lipinski definition) is 6. The summed E-state index contributed by atoms with van der Waals surface area (Å²) < 4.78 is 10.6. The average Bonchev–Trinajstić information content (AvgIpc) is 3.03. The van der Waals surface area contributed by atoms with Gasteiger partial charge in [-0.25, -0.2) is 0 Å². The fourth-order valence-electron chi connectivity index (χ4n) is 2.15. The normalized spacial score (nSPS) is 19.7. The van der Waals surface area contributed by atoms with Crippen LogP contribution in [0.25, 0.3) is 0 Å². The molecule has 1 aromatic rings. The molecular formula is C12H22N4O2. The third kappa shape index (κ3) is 3.43. The van der Waals surface area contributed by atoms with E-state index in [0.717, 1.165) is 25.6 Å². The fourth-order valence-corrected chi connectivity index (χ4v) is 2.15. The van der Waals surface area contributed by atoms with Gasteiger partial charge in [-0.2, -0.15) is 0 Å². The van der Waals surface area contributed by atoms with Crippen molar-refractivity contribution in [3.05, 3.63) is 5.89 Å². The quantitative estimate of drug-likeness (QED) is 0.734. The van der Waals surface area contributed by atoms with Crippen LogP contribution in [-0.4, -0.2) is 43.5 Å². The van der Waals surface area contributed by atoms with E-state index in [2.05, 4.69) is 27.3 Å². The molecule has 1 aromatic heterocycles. The lowest BCUT2D eigenvalue weighted by Gasteiger charge is -2.11. The highest BCUT2D eigenvalue weighted by Gasteiger charge is 2.24. The van der Waals surface area contributed by atoms with Gasteiger partial charge in [0.1, 0.15) is 0 Å². The van der Waals surface area contributed by atoms with Crippen LogP contribution in [0.1, 0.15) is 25.7 Å². The monoisotopic (exact) mass is 254 g/mol. The second kappa shape index (κ2) is 6.70. The first-order valence-corrected chi connectivity index (χ1v) is 6.60. The van der Waals surface area contributed by atoms with Gasteiger partial charge in [0, 0.05) is 26.7 Å². The van der Waals surface area contributed by atoms with E-state index in [1.807, 2.05) is 0 Å². The predicted molar refractivity (Wildman–Crippen MR) is 68.5 cm³/mol. The van der Waals surface area contributed by atoms with Gasteiger partial charge >= 0.3 is 6.01 Å². The summed E-state index contributed by atoms with van der Waals surface area (Å²) in [6, 6.07) is 0.662. The first-order valence-electron chi connectivity index (χ1n) is 6.60. The lowest BCUT2D eigenvalue weighted by Crippen LogP contribution is -2.20. The summed E-state index contributed by atoms with van der Waals surface area (Å²) in [5.74, 6) is 1.40. The lowest BCUT2D eigenvalue weighted by molar-refractivity contribution is 0.198. The van der Waals surface area contributed by atoms with Crippen molar-refractivity contribution in [2.75, 3.05) is 38.3 Å². The average molecular weight is 254 g/mol. The molecule has 1 unspecified atom stereocenters. The summed E-state index contributed by atoms with van der Waals surface area (Å²) in [5, 5.41) is 11.3. The summed E-state index contributed by atoms with van der Waals surface area (Å²) in [5.41, 5.74) is 0. The zero-order valence-electron chi connectivity index (χ0n) is 11.2. The first kappa shape index (κ1) is 13.3. The smallest absolute Gasteiger partial charge is 0.318 e. The first-order chi connectivity index (χ1) is 8.83. The third-order valence-electron chi connectivity index (χ3n) is 3.35. The number of anilines is 1. The maximum Gasteiger partial charge on any atom is 0.318 e. The Kier molecular flexibility index (Phi) is 4.95. The molecule has 1 fully saturated rings. The zero-order chi connectivity index (χ0) is 12.8. The highest BCUT2D eigenvalue weighted by atomic mass is 16.5. The van der Waals surface area contributed by atoms with Crippen molar-refractivity contribution in [1.82, 2.24) is 15.5 Å². The molecule has 18 heavy (non-hydrogen) atoms. The number of aromatic nitrogens is 2. The molecule has 1 aliphatic rings. The maximum absolute atomic E-state index is 5.64. The summed E-state index contributed by atoms with van der Waals surface area (Å²) in [7, 11) is 1.68. The number of methoxy groups -OCH3 is 1. The number of hydrogen-bond donors (Lipinski definition) is 1. The molecule has 0 aromatic carbocycles. The van der Waals surface area contributed by atoms with E-state index in [4.69, 9.17) is 9.15 Å². The number of rotatable bonds is 7. The van der Waals surface area contributed by atoms with Gasteiger partial charge in [-0.3, -0.25) is 0 Å². The molecule has 1 aliphatic heterocycles. The van der Waals surface area contributed by atoms with E-state index in [9.17, 15) is 0 Å². The van der Waals surface area contributed by atoms with E-state index in [1.54, 1.807) is 7.11 Å². The minimum Gasteiger partial charge on any atom is -0.407 e. The Morgan fingerprint density at radius 3 is 3.11 bits per heavy atom. The minimum absolute atomic E-state index is 0.599. The molecule has 1 atom stereocenters. The summed E-state index contributed by atoms with van der Waals surface area (Å²) in [6.45, 7) is 6.36. The van der Waals surface area contributed by atoms with Gasteiger partial charge in [0.15, 0.2) is 0 Å². The van der Waals surface area contributed by atoms with Crippen LogP contribution in [0, 0.1) is 5.92 Å². The highest BCUT2D eigenvalue weighted by molar-refractivity contribution is 5.26. The lowest BCUT2D eigenvalue weighted by atomic mass is 10.1. The highest BCUT2D eigenvalue weighted by Crippen LogP contribution is 2.24. The van der Waals surface area contributed by atoms with Gasteiger partial charge in [-0.15, -0.1) is 5.10 Å². The van der Waals surface area contributed by atoms with Crippen LogP contribution >= 0.6 is 0 Å². The second-order valence-electron chi connectivity index (χ2n) is 4.66. The maximum atomic E-state index is 5.64. The van der Waals surface area contributed by atoms with E-state index < -0.39 is 0 Å². The van der Waals surface area contributed by atoms with Crippen molar-refractivity contribution in [2.45, 2.75) is 26.3 Å². The SMILES string of the molecule is CCC1CCN(c2nnc(CNCCOC)o2)C1. The van der Waals surface area contributed by atoms with Gasteiger partial charge in [0.2, 0.25) is 5.89 Å². The van der Waals surface area contributed by atoms with Crippen LogP contribution in [0.3, 0.4) is 0 Å². The number of nitrogens with one attached hydrogen (secondary N) is 1. The molecule has 2 heterocycles. The van der Waals surface area contributed by atoms with Crippen LogP contribution in [0.2, 0.25) is 0 Å². The molecule has 1 saturated heterocycles. The molecule has 0 bridgehead atoms. The van der Waals surface area contributed by atoms with Gasteiger partial charge in [-0.1, -0.05) is 18.4 Å². The Labute approximate surface area is 108 Å². The second-order valence-corrected chi connectivity index (χ2v) is 4.66. The zero-order valence-corrected chi connectivity index (χ0v) is 11.2. The van der Waals surface area contributed by atoms with E-state index in [0.29, 0.717) is 25.1 Å². The van der Waals surface area contributed by atoms with Crippen molar-refractivity contribution in [3.63, 3.8) is 0 Å². The van der Waals surface area contributed by atoms with Crippen molar-refractivity contribution in [1.29, 1.82) is 0 Å². The Morgan fingerprint density at radius 1 is 1.50 bits per heavy atom. The van der Waals surface area contributed by atoms with Gasteiger partial charge in [-0.05, 0) is 12.3 Å². The number of ether oxygens (including phenoxy) is 1.